The zero-order chi connectivity index (χ0) is 16.0. The van der Waals surface area contributed by atoms with Crippen molar-refractivity contribution in [2.24, 2.45) is 0 Å². The van der Waals surface area contributed by atoms with E-state index in [9.17, 15) is 4.79 Å². The SMILES string of the molecule is Cc1ccc(Cl)c2nc3cccc(C(=O)n4ccnc4)c3nc12. The summed E-state index contributed by atoms with van der Waals surface area (Å²) in [5, 5.41) is 0.548. The molecule has 0 radical (unpaired) electrons. The third-order valence-electron chi connectivity index (χ3n) is 3.74. The van der Waals surface area contributed by atoms with E-state index < -0.39 is 0 Å². The van der Waals surface area contributed by atoms with Gasteiger partial charge in [0.2, 0.25) is 0 Å². The van der Waals surface area contributed by atoms with Gasteiger partial charge in [-0.1, -0.05) is 23.7 Å². The van der Waals surface area contributed by atoms with Crippen molar-refractivity contribution in [2.45, 2.75) is 6.92 Å². The number of rotatable bonds is 1. The Labute approximate surface area is 136 Å². The zero-order valence-corrected chi connectivity index (χ0v) is 12.9. The summed E-state index contributed by atoms with van der Waals surface area (Å²) in [5.74, 6) is -0.193. The Morgan fingerprint density at radius 1 is 1.09 bits per heavy atom. The van der Waals surface area contributed by atoms with E-state index in [0.717, 1.165) is 5.56 Å². The maximum absolute atomic E-state index is 12.6. The van der Waals surface area contributed by atoms with Crippen molar-refractivity contribution in [3.63, 3.8) is 0 Å². The fraction of sp³-hybridized carbons (Fsp3) is 0.0588. The quantitative estimate of drug-likeness (QED) is 0.502. The normalized spacial score (nSPS) is 11.2. The van der Waals surface area contributed by atoms with E-state index in [1.807, 2.05) is 19.1 Å². The van der Waals surface area contributed by atoms with E-state index in [4.69, 9.17) is 11.6 Å². The summed E-state index contributed by atoms with van der Waals surface area (Å²) in [4.78, 5) is 25.8. The monoisotopic (exact) mass is 322 g/mol. The van der Waals surface area contributed by atoms with Gasteiger partial charge in [0.15, 0.2) is 0 Å². The molecule has 4 aromatic rings. The van der Waals surface area contributed by atoms with Crippen molar-refractivity contribution in [3.05, 3.63) is 65.2 Å². The first-order valence-corrected chi connectivity index (χ1v) is 7.41. The van der Waals surface area contributed by atoms with Crippen LogP contribution in [0.2, 0.25) is 5.02 Å². The van der Waals surface area contributed by atoms with Crippen LogP contribution in [0.4, 0.5) is 0 Å². The maximum atomic E-state index is 12.6. The molecule has 0 fully saturated rings. The largest absolute Gasteiger partial charge is 0.272 e. The Hall–Kier alpha value is -2.79. The predicted molar refractivity (Wildman–Crippen MR) is 88.7 cm³/mol. The number of para-hydroxylation sites is 1. The number of aryl methyl sites for hydroxylation is 1. The Bertz CT molecular complexity index is 1060. The standard InChI is InChI=1S/C17H11ClN4O/c1-10-5-6-12(18)16-14(10)21-15-11(3-2-4-13(15)20-16)17(23)22-8-7-19-9-22/h2-9H,1H3. The van der Waals surface area contributed by atoms with Gasteiger partial charge in [-0.3, -0.25) is 9.36 Å². The number of aromatic nitrogens is 4. The van der Waals surface area contributed by atoms with Crippen LogP contribution in [-0.4, -0.2) is 25.4 Å². The van der Waals surface area contributed by atoms with Gasteiger partial charge >= 0.3 is 0 Å². The average molecular weight is 323 g/mol. The molecule has 112 valence electrons. The van der Waals surface area contributed by atoms with Gasteiger partial charge in [-0.15, -0.1) is 0 Å². The molecule has 0 aliphatic rings. The summed E-state index contributed by atoms with van der Waals surface area (Å²) in [6.07, 6.45) is 4.64. The lowest BCUT2D eigenvalue weighted by Crippen LogP contribution is -2.11. The molecular weight excluding hydrogens is 312 g/mol. The fourth-order valence-electron chi connectivity index (χ4n) is 2.57. The molecular formula is C17H11ClN4O. The van der Waals surface area contributed by atoms with E-state index in [0.29, 0.717) is 32.7 Å². The lowest BCUT2D eigenvalue weighted by atomic mass is 10.1. The number of carbonyl (C=O) groups is 1. The van der Waals surface area contributed by atoms with Crippen LogP contribution >= 0.6 is 11.6 Å². The van der Waals surface area contributed by atoms with Crippen LogP contribution in [0.25, 0.3) is 22.1 Å². The van der Waals surface area contributed by atoms with Crippen LogP contribution in [0.15, 0.2) is 49.1 Å². The summed E-state index contributed by atoms with van der Waals surface area (Å²) < 4.78 is 1.42. The second kappa shape index (κ2) is 5.14. The number of benzene rings is 2. The van der Waals surface area contributed by atoms with E-state index in [-0.39, 0.29) is 5.91 Å². The van der Waals surface area contributed by atoms with E-state index >= 15 is 0 Å². The molecule has 0 saturated carbocycles. The molecule has 23 heavy (non-hydrogen) atoms. The summed E-state index contributed by atoms with van der Waals surface area (Å²) in [7, 11) is 0. The summed E-state index contributed by atoms with van der Waals surface area (Å²) in [5.41, 5.74) is 3.99. The summed E-state index contributed by atoms with van der Waals surface area (Å²) in [6, 6.07) is 9.05. The van der Waals surface area contributed by atoms with E-state index in [2.05, 4.69) is 15.0 Å². The van der Waals surface area contributed by atoms with Gasteiger partial charge in [-0.25, -0.2) is 15.0 Å². The molecule has 2 aromatic heterocycles. The highest BCUT2D eigenvalue weighted by atomic mass is 35.5. The average Bonchev–Trinajstić information content (AvgIpc) is 3.10. The Kier molecular flexibility index (Phi) is 3.09. The molecule has 5 nitrogen and oxygen atoms in total. The van der Waals surface area contributed by atoms with Crippen molar-refractivity contribution in [1.82, 2.24) is 19.5 Å². The van der Waals surface area contributed by atoms with Crippen LogP contribution in [0.5, 0.6) is 0 Å². The first-order valence-electron chi connectivity index (χ1n) is 7.03. The van der Waals surface area contributed by atoms with Gasteiger partial charge < -0.3 is 0 Å². The van der Waals surface area contributed by atoms with Gasteiger partial charge in [-0.2, -0.15) is 0 Å². The molecule has 0 saturated heterocycles. The molecule has 0 amide bonds. The molecule has 0 aliphatic heterocycles. The van der Waals surface area contributed by atoms with Gasteiger partial charge in [-0.05, 0) is 30.7 Å². The molecule has 0 unspecified atom stereocenters. The number of carbonyl (C=O) groups excluding carboxylic acids is 1. The first kappa shape index (κ1) is 13.8. The second-order valence-electron chi connectivity index (χ2n) is 5.23. The topological polar surface area (TPSA) is 60.7 Å². The van der Waals surface area contributed by atoms with Crippen LogP contribution in [0.1, 0.15) is 15.9 Å². The number of halogens is 1. The van der Waals surface area contributed by atoms with Crippen molar-refractivity contribution in [3.8, 4) is 0 Å². The van der Waals surface area contributed by atoms with Gasteiger partial charge in [0.05, 0.1) is 21.6 Å². The molecule has 0 N–H and O–H groups in total. The third kappa shape index (κ3) is 2.17. The Morgan fingerprint density at radius 3 is 2.74 bits per heavy atom. The number of imidazole rings is 1. The molecule has 4 rings (SSSR count). The molecule has 2 heterocycles. The minimum atomic E-state index is -0.193. The second-order valence-corrected chi connectivity index (χ2v) is 5.64. The number of hydrogen-bond donors (Lipinski definition) is 0. The van der Waals surface area contributed by atoms with E-state index in [1.54, 1.807) is 30.6 Å². The van der Waals surface area contributed by atoms with Crippen molar-refractivity contribution in [2.75, 3.05) is 0 Å². The molecule has 0 bridgehead atoms. The van der Waals surface area contributed by atoms with Gasteiger partial charge in [0, 0.05) is 12.4 Å². The minimum absolute atomic E-state index is 0.193. The lowest BCUT2D eigenvalue weighted by Gasteiger charge is -2.08. The van der Waals surface area contributed by atoms with Crippen LogP contribution in [-0.2, 0) is 0 Å². The van der Waals surface area contributed by atoms with Gasteiger partial charge in [0.1, 0.15) is 17.4 Å². The van der Waals surface area contributed by atoms with Crippen molar-refractivity contribution < 1.29 is 4.79 Å². The summed E-state index contributed by atoms with van der Waals surface area (Å²) >= 11 is 6.23. The molecule has 2 aromatic carbocycles. The predicted octanol–water partition coefficient (Wildman–Crippen LogP) is 3.63. The first-order chi connectivity index (χ1) is 11.1. The molecule has 6 heteroatoms. The van der Waals surface area contributed by atoms with Crippen LogP contribution in [0.3, 0.4) is 0 Å². The molecule has 0 spiro atoms. The smallest absolute Gasteiger partial charge is 0.265 e. The van der Waals surface area contributed by atoms with Crippen molar-refractivity contribution >= 4 is 39.6 Å². The lowest BCUT2D eigenvalue weighted by molar-refractivity contribution is 0.0961. The highest BCUT2D eigenvalue weighted by molar-refractivity contribution is 6.35. The number of hydrogen-bond acceptors (Lipinski definition) is 4. The van der Waals surface area contributed by atoms with Crippen molar-refractivity contribution in [1.29, 1.82) is 0 Å². The number of nitrogens with zero attached hydrogens (tertiary/aromatic N) is 4. The van der Waals surface area contributed by atoms with Crippen LogP contribution < -0.4 is 0 Å². The zero-order valence-electron chi connectivity index (χ0n) is 12.2. The highest BCUT2D eigenvalue weighted by Crippen LogP contribution is 2.27. The Balaban J connectivity index is 2.05. The highest BCUT2D eigenvalue weighted by Gasteiger charge is 2.15. The number of fused-ring (bicyclic) bond motifs is 2. The van der Waals surface area contributed by atoms with Crippen LogP contribution in [0, 0.1) is 6.92 Å². The van der Waals surface area contributed by atoms with E-state index in [1.165, 1.54) is 10.9 Å². The third-order valence-corrected chi connectivity index (χ3v) is 4.05. The Morgan fingerprint density at radius 2 is 1.96 bits per heavy atom. The fourth-order valence-corrected chi connectivity index (χ4v) is 2.76. The summed E-state index contributed by atoms with van der Waals surface area (Å²) in [6.45, 7) is 1.94. The maximum Gasteiger partial charge on any atom is 0.265 e. The minimum Gasteiger partial charge on any atom is -0.272 e. The molecule has 0 aliphatic carbocycles. The molecule has 0 atom stereocenters. The van der Waals surface area contributed by atoms with Gasteiger partial charge in [0.25, 0.3) is 5.91 Å².